The summed E-state index contributed by atoms with van der Waals surface area (Å²) >= 11 is 6.14. The molecule has 166 valence electrons. The van der Waals surface area contributed by atoms with Gasteiger partial charge in [0, 0.05) is 12.5 Å². The number of fused-ring (bicyclic) bond motifs is 1. The van der Waals surface area contributed by atoms with Gasteiger partial charge in [0.05, 0.1) is 42.1 Å². The molecule has 0 radical (unpaired) electrons. The highest BCUT2D eigenvalue weighted by Gasteiger charge is 2.44. The number of ether oxygens (including phenoxy) is 3. The van der Waals surface area contributed by atoms with Crippen LogP contribution >= 0.6 is 11.6 Å². The normalized spacial score (nSPS) is 21.6. The van der Waals surface area contributed by atoms with E-state index in [-0.39, 0.29) is 17.7 Å². The fourth-order valence-corrected chi connectivity index (χ4v) is 4.36. The lowest BCUT2D eigenvalue weighted by molar-refractivity contribution is -0.160. The summed E-state index contributed by atoms with van der Waals surface area (Å²) in [5.41, 5.74) is 2.85. The number of hydrogen-bond donors (Lipinski definition) is 1. The van der Waals surface area contributed by atoms with Gasteiger partial charge in [-0.05, 0) is 29.7 Å². The smallest absolute Gasteiger partial charge is 0.337 e. The summed E-state index contributed by atoms with van der Waals surface area (Å²) in [6.45, 7) is 0.670. The predicted octanol–water partition coefficient (Wildman–Crippen LogP) is 4.26. The number of rotatable bonds is 7. The number of hydrogen-bond acceptors (Lipinski definition) is 5. The first kappa shape index (κ1) is 22.1. The minimum absolute atomic E-state index is 0.135. The monoisotopic (exact) mass is 453 g/mol. The van der Waals surface area contributed by atoms with E-state index in [1.807, 2.05) is 36.4 Å². The number of amides is 1. The van der Waals surface area contributed by atoms with Gasteiger partial charge in [0.25, 0.3) is 5.91 Å². The Morgan fingerprint density at radius 3 is 2.62 bits per heavy atom. The van der Waals surface area contributed by atoms with Crippen LogP contribution in [-0.4, -0.2) is 31.8 Å². The molecule has 1 N–H and O–H groups in total. The van der Waals surface area contributed by atoms with Crippen LogP contribution in [0, 0.1) is 11.8 Å². The van der Waals surface area contributed by atoms with Crippen LogP contribution in [0.4, 0.5) is 0 Å². The lowest BCUT2D eigenvalue weighted by Crippen LogP contribution is -2.39. The number of nitrogens with one attached hydrogen (secondary N) is 1. The molecule has 4 rings (SSSR count). The second-order valence-corrected chi connectivity index (χ2v) is 8.08. The van der Waals surface area contributed by atoms with E-state index in [1.165, 1.54) is 13.4 Å². The third kappa shape index (κ3) is 4.71. The molecule has 1 aliphatic carbocycles. The van der Waals surface area contributed by atoms with Crippen molar-refractivity contribution >= 4 is 23.5 Å². The van der Waals surface area contributed by atoms with Gasteiger partial charge in [-0.15, -0.1) is 0 Å². The van der Waals surface area contributed by atoms with Crippen LogP contribution in [0.3, 0.4) is 0 Å². The highest BCUT2D eigenvalue weighted by atomic mass is 35.5. The highest BCUT2D eigenvalue weighted by Crippen LogP contribution is 2.43. The minimum Gasteiger partial charge on any atom is -0.471 e. The van der Waals surface area contributed by atoms with E-state index in [4.69, 9.17) is 25.8 Å². The summed E-state index contributed by atoms with van der Waals surface area (Å²) in [6, 6.07) is 16.7. The number of benzene rings is 2. The third-order valence-corrected chi connectivity index (χ3v) is 6.10. The first-order valence-corrected chi connectivity index (χ1v) is 10.8. The summed E-state index contributed by atoms with van der Waals surface area (Å²) in [5, 5.41) is 3.32. The Bertz CT molecular complexity index is 1050. The molecule has 6 nitrogen and oxygen atoms in total. The van der Waals surface area contributed by atoms with Gasteiger partial charge < -0.3 is 19.5 Å². The van der Waals surface area contributed by atoms with Gasteiger partial charge in [0.15, 0.2) is 0 Å². The Morgan fingerprint density at radius 1 is 1.12 bits per heavy atom. The van der Waals surface area contributed by atoms with Crippen molar-refractivity contribution in [3.8, 4) is 0 Å². The molecule has 0 spiro atoms. The molecule has 2 aliphatic rings. The molecular weight excluding hydrogens is 430 g/mol. The van der Waals surface area contributed by atoms with Gasteiger partial charge >= 0.3 is 5.97 Å². The van der Waals surface area contributed by atoms with Crippen molar-refractivity contribution in [2.75, 3.05) is 13.7 Å². The van der Waals surface area contributed by atoms with E-state index in [0.717, 1.165) is 11.1 Å². The molecule has 1 heterocycles. The van der Waals surface area contributed by atoms with Crippen LogP contribution in [-0.2, 0) is 25.6 Å². The van der Waals surface area contributed by atoms with E-state index < -0.39 is 12.3 Å². The van der Waals surface area contributed by atoms with E-state index in [0.29, 0.717) is 35.7 Å². The second kappa shape index (κ2) is 10.0. The van der Waals surface area contributed by atoms with E-state index >= 15 is 0 Å². The maximum absolute atomic E-state index is 12.6. The summed E-state index contributed by atoms with van der Waals surface area (Å²) in [5.74, 6) is -1.04. The molecule has 0 bridgehead atoms. The van der Waals surface area contributed by atoms with Gasteiger partial charge in [-0.25, -0.2) is 4.79 Å². The minimum atomic E-state index is -0.584. The Hall–Kier alpha value is -3.09. The first-order chi connectivity index (χ1) is 15.6. The van der Waals surface area contributed by atoms with Crippen molar-refractivity contribution in [2.45, 2.75) is 19.3 Å². The number of halogens is 1. The Kier molecular flexibility index (Phi) is 6.93. The zero-order chi connectivity index (χ0) is 22.5. The number of allylic oxidation sites excluding steroid dienone is 1. The van der Waals surface area contributed by atoms with Crippen molar-refractivity contribution in [1.29, 1.82) is 0 Å². The number of carbonyl (C=O) groups is 2. The van der Waals surface area contributed by atoms with Crippen LogP contribution in [0.25, 0.3) is 0 Å². The average Bonchev–Trinajstić information content (AvgIpc) is 3.26. The lowest BCUT2D eigenvalue weighted by Gasteiger charge is -2.35. The fourth-order valence-electron chi connectivity index (χ4n) is 4.14. The predicted molar refractivity (Wildman–Crippen MR) is 120 cm³/mol. The Labute approximate surface area is 191 Å². The van der Waals surface area contributed by atoms with Gasteiger partial charge in [0.1, 0.15) is 0 Å². The molecule has 32 heavy (non-hydrogen) atoms. The topological polar surface area (TPSA) is 73.9 Å². The molecule has 3 atom stereocenters. The molecular formula is C25H24ClNO5. The van der Waals surface area contributed by atoms with E-state index in [2.05, 4.69) is 5.32 Å². The lowest BCUT2D eigenvalue weighted by atomic mass is 9.83. The van der Waals surface area contributed by atoms with Crippen LogP contribution < -0.4 is 5.32 Å². The van der Waals surface area contributed by atoms with Crippen LogP contribution in [0.15, 0.2) is 78.1 Å². The van der Waals surface area contributed by atoms with Crippen molar-refractivity contribution in [3.63, 3.8) is 0 Å². The Balaban J connectivity index is 1.49. The summed E-state index contributed by atoms with van der Waals surface area (Å²) < 4.78 is 16.9. The molecule has 1 aliphatic heterocycles. The Morgan fingerprint density at radius 2 is 1.88 bits per heavy atom. The molecule has 0 fully saturated rings. The van der Waals surface area contributed by atoms with Crippen LogP contribution in [0.5, 0.6) is 0 Å². The fraction of sp³-hybridized carbons (Fsp3) is 0.280. The molecule has 2 aromatic rings. The molecule has 0 unspecified atom stereocenters. The molecule has 7 heteroatoms. The van der Waals surface area contributed by atoms with E-state index in [9.17, 15) is 9.59 Å². The van der Waals surface area contributed by atoms with Gasteiger partial charge in [-0.3, -0.25) is 4.79 Å². The van der Waals surface area contributed by atoms with Crippen LogP contribution in [0.1, 0.15) is 22.3 Å². The summed E-state index contributed by atoms with van der Waals surface area (Å²) in [6.07, 6.45) is 3.53. The quantitative estimate of drug-likeness (QED) is 0.501. The first-order valence-electron chi connectivity index (χ1n) is 10.4. The molecule has 1 amide bonds. The second-order valence-electron chi connectivity index (χ2n) is 7.68. The van der Waals surface area contributed by atoms with Gasteiger partial charge in [0.2, 0.25) is 6.29 Å². The number of carbonyl (C=O) groups excluding carboxylic acids is 2. The zero-order valence-corrected chi connectivity index (χ0v) is 18.4. The van der Waals surface area contributed by atoms with Crippen molar-refractivity contribution in [2.24, 2.45) is 11.8 Å². The van der Waals surface area contributed by atoms with Crippen molar-refractivity contribution in [1.82, 2.24) is 5.32 Å². The number of methoxy groups -OCH3 is 1. The number of esters is 1. The zero-order valence-electron chi connectivity index (χ0n) is 17.6. The van der Waals surface area contributed by atoms with Gasteiger partial charge in [-0.2, -0.15) is 0 Å². The largest absolute Gasteiger partial charge is 0.471 e. The summed E-state index contributed by atoms with van der Waals surface area (Å²) in [4.78, 5) is 24.9. The molecule has 0 saturated heterocycles. The van der Waals surface area contributed by atoms with Crippen molar-refractivity contribution in [3.05, 3.63) is 94.2 Å². The van der Waals surface area contributed by atoms with Gasteiger partial charge in [-0.1, -0.05) is 60.1 Å². The SMILES string of the molecule is COC(=O)C1=CO[C@@H](OCc2ccccc2)[C@@H]2C(CNC(=O)c3ccccc3Cl)=CC[C@H]12. The average molecular weight is 454 g/mol. The van der Waals surface area contributed by atoms with Crippen molar-refractivity contribution < 1.29 is 23.8 Å². The van der Waals surface area contributed by atoms with E-state index in [1.54, 1.807) is 24.3 Å². The molecule has 2 aromatic carbocycles. The maximum Gasteiger partial charge on any atom is 0.337 e. The van der Waals surface area contributed by atoms with Crippen LogP contribution in [0.2, 0.25) is 5.02 Å². The molecule has 0 aromatic heterocycles. The third-order valence-electron chi connectivity index (χ3n) is 5.77. The standard InChI is InChI=1S/C25H24ClNO5/c1-30-24(29)20-15-32-25(31-14-16-7-3-2-4-8-16)22-17(11-12-18(20)22)13-27-23(28)19-9-5-6-10-21(19)26/h2-11,15,18,22,25H,12-14H2,1H3,(H,27,28)/t18-,22-,25-/m1/s1. The molecule has 0 saturated carbocycles. The summed E-state index contributed by atoms with van der Waals surface area (Å²) in [7, 11) is 1.35. The maximum atomic E-state index is 12.6. The highest BCUT2D eigenvalue weighted by molar-refractivity contribution is 6.33.